The first-order valence-corrected chi connectivity index (χ1v) is 3.41. The summed E-state index contributed by atoms with van der Waals surface area (Å²) in [6.45, 7) is 1.32. The third-order valence-corrected chi connectivity index (χ3v) is 1.22. The zero-order valence-corrected chi connectivity index (χ0v) is 6.57. The number of hydrogen-bond donors (Lipinski definition) is 0. The van der Waals surface area contributed by atoms with Crippen LogP contribution in [0.5, 0.6) is 5.75 Å². The standard InChI is InChI=1S/C9H7NO2/c1-7(11)12-9-4-2-3-8(5-9)6-10/h2-5H,1H3. The second-order valence-corrected chi connectivity index (χ2v) is 2.23. The van der Waals surface area contributed by atoms with Gasteiger partial charge in [0.25, 0.3) is 0 Å². The van der Waals surface area contributed by atoms with E-state index in [1.165, 1.54) is 13.0 Å². The third kappa shape index (κ3) is 2.10. The molecule has 0 saturated carbocycles. The zero-order chi connectivity index (χ0) is 8.97. The van der Waals surface area contributed by atoms with Gasteiger partial charge >= 0.3 is 5.97 Å². The number of carbonyl (C=O) groups excluding carboxylic acids is 1. The van der Waals surface area contributed by atoms with Crippen LogP contribution in [0, 0.1) is 11.3 Å². The Hall–Kier alpha value is -1.82. The van der Waals surface area contributed by atoms with Gasteiger partial charge in [-0.2, -0.15) is 5.26 Å². The van der Waals surface area contributed by atoms with Crippen molar-refractivity contribution in [1.29, 1.82) is 5.26 Å². The Bertz CT molecular complexity index is 339. The molecule has 0 saturated heterocycles. The first kappa shape index (κ1) is 8.28. The van der Waals surface area contributed by atoms with Crippen LogP contribution in [0.25, 0.3) is 0 Å². The summed E-state index contributed by atoms with van der Waals surface area (Å²) in [4.78, 5) is 10.5. The lowest BCUT2D eigenvalue weighted by molar-refractivity contribution is -0.131. The van der Waals surface area contributed by atoms with Gasteiger partial charge in [-0.25, -0.2) is 0 Å². The molecule has 0 N–H and O–H groups in total. The molecule has 1 aromatic rings. The van der Waals surface area contributed by atoms with E-state index in [2.05, 4.69) is 0 Å². The normalized spacial score (nSPS) is 8.67. The van der Waals surface area contributed by atoms with Gasteiger partial charge in [0.15, 0.2) is 0 Å². The van der Waals surface area contributed by atoms with Crippen LogP contribution in [0.2, 0.25) is 0 Å². The predicted molar refractivity (Wildman–Crippen MR) is 42.5 cm³/mol. The number of esters is 1. The van der Waals surface area contributed by atoms with E-state index in [9.17, 15) is 4.79 Å². The summed E-state index contributed by atoms with van der Waals surface area (Å²) in [5.74, 6) is 0.0200. The van der Waals surface area contributed by atoms with Gasteiger partial charge in [0.05, 0.1) is 11.6 Å². The lowest BCUT2D eigenvalue weighted by Crippen LogP contribution is -2.01. The minimum atomic E-state index is -0.384. The van der Waals surface area contributed by atoms with E-state index in [0.29, 0.717) is 11.3 Å². The molecule has 0 atom stereocenters. The summed E-state index contributed by atoms with van der Waals surface area (Å²) >= 11 is 0. The summed E-state index contributed by atoms with van der Waals surface area (Å²) in [7, 11) is 0. The van der Waals surface area contributed by atoms with Gasteiger partial charge in [-0.15, -0.1) is 0 Å². The molecular weight excluding hydrogens is 154 g/mol. The fraction of sp³-hybridized carbons (Fsp3) is 0.111. The lowest BCUT2D eigenvalue weighted by atomic mass is 10.2. The molecule has 0 spiro atoms. The number of ether oxygens (including phenoxy) is 1. The second kappa shape index (κ2) is 3.54. The van der Waals surface area contributed by atoms with Gasteiger partial charge in [0.1, 0.15) is 5.75 Å². The van der Waals surface area contributed by atoms with Gasteiger partial charge in [0, 0.05) is 6.92 Å². The molecule has 0 fully saturated rings. The molecule has 0 aliphatic rings. The maximum Gasteiger partial charge on any atom is 0.308 e. The van der Waals surface area contributed by atoms with Crippen molar-refractivity contribution >= 4 is 5.97 Å². The molecule has 1 aromatic carbocycles. The van der Waals surface area contributed by atoms with Crippen molar-refractivity contribution in [3.05, 3.63) is 29.8 Å². The fourth-order valence-electron chi connectivity index (χ4n) is 0.795. The van der Waals surface area contributed by atoms with Gasteiger partial charge in [-0.1, -0.05) is 6.07 Å². The van der Waals surface area contributed by atoms with E-state index in [1.807, 2.05) is 6.07 Å². The van der Waals surface area contributed by atoms with Gasteiger partial charge in [0.2, 0.25) is 0 Å². The molecular formula is C9H7NO2. The molecule has 0 amide bonds. The van der Waals surface area contributed by atoms with E-state index in [1.54, 1.807) is 18.2 Å². The summed E-state index contributed by atoms with van der Waals surface area (Å²) in [6, 6.07) is 8.40. The Balaban J connectivity index is 2.88. The quantitative estimate of drug-likeness (QED) is 0.463. The number of hydrogen-bond acceptors (Lipinski definition) is 3. The van der Waals surface area contributed by atoms with Gasteiger partial charge in [-0.05, 0) is 18.2 Å². The fourth-order valence-corrected chi connectivity index (χ4v) is 0.795. The number of nitrogens with zero attached hydrogens (tertiary/aromatic N) is 1. The Morgan fingerprint density at radius 3 is 2.92 bits per heavy atom. The Kier molecular flexibility index (Phi) is 2.44. The van der Waals surface area contributed by atoms with Crippen LogP contribution in [0.4, 0.5) is 0 Å². The molecule has 1 rings (SSSR count). The number of nitriles is 1. The largest absolute Gasteiger partial charge is 0.427 e. The Morgan fingerprint density at radius 1 is 1.58 bits per heavy atom. The molecule has 3 nitrogen and oxygen atoms in total. The molecule has 0 bridgehead atoms. The number of carbonyl (C=O) groups is 1. The average Bonchev–Trinajstić information content (AvgIpc) is 2.03. The van der Waals surface area contributed by atoms with Crippen molar-refractivity contribution in [2.45, 2.75) is 6.92 Å². The summed E-state index contributed by atoms with van der Waals surface area (Å²) < 4.78 is 4.77. The summed E-state index contributed by atoms with van der Waals surface area (Å²) in [5, 5.41) is 8.51. The first-order chi connectivity index (χ1) is 5.72. The SMILES string of the molecule is CC(=O)Oc1cccc(C#N)c1. The van der Waals surface area contributed by atoms with Crippen LogP contribution in [0.15, 0.2) is 24.3 Å². The topological polar surface area (TPSA) is 50.1 Å². The molecule has 0 unspecified atom stereocenters. The van der Waals surface area contributed by atoms with Crippen molar-refractivity contribution < 1.29 is 9.53 Å². The highest BCUT2D eigenvalue weighted by molar-refractivity contribution is 5.69. The van der Waals surface area contributed by atoms with Crippen LogP contribution in [0.3, 0.4) is 0 Å². The van der Waals surface area contributed by atoms with E-state index in [0.717, 1.165) is 0 Å². The highest BCUT2D eigenvalue weighted by Gasteiger charge is 1.97. The maximum atomic E-state index is 10.5. The Morgan fingerprint density at radius 2 is 2.33 bits per heavy atom. The highest BCUT2D eigenvalue weighted by atomic mass is 16.5. The van der Waals surface area contributed by atoms with E-state index in [-0.39, 0.29) is 5.97 Å². The van der Waals surface area contributed by atoms with Gasteiger partial charge in [-0.3, -0.25) is 4.79 Å². The van der Waals surface area contributed by atoms with Crippen LogP contribution >= 0.6 is 0 Å². The van der Waals surface area contributed by atoms with Crippen LogP contribution in [0.1, 0.15) is 12.5 Å². The summed E-state index contributed by atoms with van der Waals surface area (Å²) in [6.07, 6.45) is 0. The van der Waals surface area contributed by atoms with Crippen molar-refractivity contribution in [3.63, 3.8) is 0 Å². The van der Waals surface area contributed by atoms with E-state index in [4.69, 9.17) is 10.00 Å². The molecule has 0 radical (unpaired) electrons. The second-order valence-electron chi connectivity index (χ2n) is 2.23. The third-order valence-electron chi connectivity index (χ3n) is 1.22. The maximum absolute atomic E-state index is 10.5. The molecule has 0 aromatic heterocycles. The smallest absolute Gasteiger partial charge is 0.308 e. The van der Waals surface area contributed by atoms with Crippen molar-refractivity contribution in [2.75, 3.05) is 0 Å². The van der Waals surface area contributed by atoms with Crippen molar-refractivity contribution in [3.8, 4) is 11.8 Å². The van der Waals surface area contributed by atoms with Crippen LogP contribution in [-0.4, -0.2) is 5.97 Å². The highest BCUT2D eigenvalue weighted by Crippen LogP contribution is 2.12. The molecule has 0 aliphatic carbocycles. The molecule has 3 heteroatoms. The minimum absolute atomic E-state index is 0.384. The first-order valence-electron chi connectivity index (χ1n) is 3.41. The molecule has 0 aliphatic heterocycles. The summed E-state index contributed by atoms with van der Waals surface area (Å²) in [5.41, 5.74) is 0.480. The van der Waals surface area contributed by atoms with Crippen LogP contribution in [-0.2, 0) is 4.79 Å². The molecule has 12 heavy (non-hydrogen) atoms. The number of benzene rings is 1. The van der Waals surface area contributed by atoms with Crippen molar-refractivity contribution in [2.24, 2.45) is 0 Å². The van der Waals surface area contributed by atoms with Crippen molar-refractivity contribution in [1.82, 2.24) is 0 Å². The lowest BCUT2D eigenvalue weighted by Gasteiger charge is -1.99. The van der Waals surface area contributed by atoms with E-state index < -0.39 is 0 Å². The van der Waals surface area contributed by atoms with Crippen LogP contribution < -0.4 is 4.74 Å². The monoisotopic (exact) mass is 161 g/mol. The number of rotatable bonds is 1. The van der Waals surface area contributed by atoms with Gasteiger partial charge < -0.3 is 4.74 Å². The van der Waals surface area contributed by atoms with E-state index >= 15 is 0 Å². The minimum Gasteiger partial charge on any atom is -0.427 e. The average molecular weight is 161 g/mol. The Labute approximate surface area is 70.2 Å². The predicted octanol–water partition coefficient (Wildman–Crippen LogP) is 1.48. The zero-order valence-electron chi connectivity index (χ0n) is 6.57. The molecule has 60 valence electrons. The molecule has 0 heterocycles.